The van der Waals surface area contributed by atoms with Crippen molar-refractivity contribution in [1.29, 1.82) is 0 Å². The fraction of sp³-hybridized carbons (Fsp3) is 0.571. The van der Waals surface area contributed by atoms with Crippen LogP contribution in [0, 0.1) is 6.92 Å². The number of alkyl halides is 1. The number of nitrogens with one attached hydrogen (secondary N) is 1. The van der Waals surface area contributed by atoms with E-state index in [0.29, 0.717) is 18.7 Å². The molecule has 1 aromatic rings. The van der Waals surface area contributed by atoms with Crippen LogP contribution in [-0.4, -0.2) is 20.1 Å². The fourth-order valence-electron chi connectivity index (χ4n) is 1.90. The van der Waals surface area contributed by atoms with Gasteiger partial charge in [-0.05, 0) is 36.8 Å². The van der Waals surface area contributed by atoms with E-state index in [9.17, 15) is 8.42 Å². The van der Waals surface area contributed by atoms with Crippen molar-refractivity contribution in [2.45, 2.75) is 39.5 Å². The summed E-state index contributed by atoms with van der Waals surface area (Å²) in [4.78, 5) is 0. The summed E-state index contributed by atoms with van der Waals surface area (Å²) in [6, 6.07) is 5.84. The fourth-order valence-corrected chi connectivity index (χ4v) is 3.37. The Bertz CT molecular complexity index is 512. The Morgan fingerprint density at radius 2 is 1.95 bits per heavy atom. The van der Waals surface area contributed by atoms with Crippen molar-refractivity contribution in [2.24, 2.45) is 0 Å². The standard InChI is InChI=1S/C14H22ClNO2S/c1-11(2)13-8-6-7-12(3)14(13)16-19(17,18)10-5-4-9-15/h6-8,11,16H,4-5,9-10H2,1-3H3. The summed E-state index contributed by atoms with van der Waals surface area (Å²) in [6.07, 6.45) is 1.30. The van der Waals surface area contributed by atoms with Gasteiger partial charge >= 0.3 is 0 Å². The van der Waals surface area contributed by atoms with Crippen LogP contribution in [0.5, 0.6) is 0 Å². The molecule has 1 aromatic carbocycles. The Morgan fingerprint density at radius 1 is 1.26 bits per heavy atom. The Morgan fingerprint density at radius 3 is 2.53 bits per heavy atom. The van der Waals surface area contributed by atoms with Gasteiger partial charge in [0.15, 0.2) is 0 Å². The van der Waals surface area contributed by atoms with Gasteiger partial charge in [0.25, 0.3) is 0 Å². The van der Waals surface area contributed by atoms with Crippen LogP contribution in [-0.2, 0) is 10.0 Å². The number of anilines is 1. The highest BCUT2D eigenvalue weighted by molar-refractivity contribution is 7.92. The molecule has 1 N–H and O–H groups in total. The molecule has 0 saturated carbocycles. The van der Waals surface area contributed by atoms with E-state index in [-0.39, 0.29) is 11.7 Å². The molecule has 3 nitrogen and oxygen atoms in total. The largest absolute Gasteiger partial charge is 0.283 e. The van der Waals surface area contributed by atoms with Gasteiger partial charge in [-0.1, -0.05) is 32.0 Å². The number of aryl methyl sites for hydroxylation is 1. The molecule has 1 rings (SSSR count). The minimum absolute atomic E-state index is 0.117. The van der Waals surface area contributed by atoms with E-state index in [1.165, 1.54) is 0 Å². The van der Waals surface area contributed by atoms with E-state index in [1.54, 1.807) is 0 Å². The van der Waals surface area contributed by atoms with E-state index in [2.05, 4.69) is 18.6 Å². The smallest absolute Gasteiger partial charge is 0.232 e. The number of rotatable bonds is 7. The zero-order valence-electron chi connectivity index (χ0n) is 11.7. The molecule has 0 aliphatic heterocycles. The maximum atomic E-state index is 12.0. The van der Waals surface area contributed by atoms with Crippen LogP contribution in [0.15, 0.2) is 18.2 Å². The van der Waals surface area contributed by atoms with Gasteiger partial charge in [-0.25, -0.2) is 8.42 Å². The first kappa shape index (κ1) is 16.3. The van der Waals surface area contributed by atoms with E-state index in [0.717, 1.165) is 16.8 Å². The van der Waals surface area contributed by atoms with E-state index in [4.69, 9.17) is 11.6 Å². The van der Waals surface area contributed by atoms with Gasteiger partial charge in [0, 0.05) is 5.88 Å². The van der Waals surface area contributed by atoms with Crippen molar-refractivity contribution in [3.63, 3.8) is 0 Å². The van der Waals surface area contributed by atoms with Crippen molar-refractivity contribution in [3.8, 4) is 0 Å². The first-order valence-corrected chi connectivity index (χ1v) is 8.72. The Kier molecular flexibility index (Phi) is 6.14. The van der Waals surface area contributed by atoms with Crippen molar-refractivity contribution in [2.75, 3.05) is 16.4 Å². The lowest BCUT2D eigenvalue weighted by molar-refractivity contribution is 0.598. The molecule has 0 unspecified atom stereocenters. The second kappa shape index (κ2) is 7.15. The van der Waals surface area contributed by atoms with Crippen molar-refractivity contribution >= 4 is 27.3 Å². The molecule has 0 amide bonds. The molecule has 0 aliphatic carbocycles. The summed E-state index contributed by atoms with van der Waals surface area (Å²) in [7, 11) is -3.29. The number of sulfonamides is 1. The average Bonchev–Trinajstić information content (AvgIpc) is 2.31. The maximum Gasteiger partial charge on any atom is 0.232 e. The highest BCUT2D eigenvalue weighted by atomic mass is 35.5. The number of hydrogen-bond donors (Lipinski definition) is 1. The first-order valence-electron chi connectivity index (χ1n) is 6.53. The van der Waals surface area contributed by atoms with Gasteiger partial charge in [-0.15, -0.1) is 11.6 Å². The van der Waals surface area contributed by atoms with Crippen LogP contribution in [0.1, 0.15) is 43.7 Å². The van der Waals surface area contributed by atoms with Crippen LogP contribution in [0.25, 0.3) is 0 Å². The molecule has 0 atom stereocenters. The number of hydrogen-bond acceptors (Lipinski definition) is 2. The minimum atomic E-state index is -3.29. The molecule has 0 radical (unpaired) electrons. The van der Waals surface area contributed by atoms with Gasteiger partial charge < -0.3 is 0 Å². The summed E-state index contributed by atoms with van der Waals surface area (Å²) in [5, 5.41) is 0. The molecule has 0 spiro atoms. The second-order valence-electron chi connectivity index (χ2n) is 5.01. The first-order chi connectivity index (χ1) is 8.87. The van der Waals surface area contributed by atoms with Crippen LogP contribution < -0.4 is 4.72 Å². The predicted octanol–water partition coefficient (Wildman–Crippen LogP) is 3.88. The summed E-state index contributed by atoms with van der Waals surface area (Å²) in [5.41, 5.74) is 2.71. The third kappa shape index (κ3) is 5.03. The number of halogens is 1. The Labute approximate surface area is 121 Å². The van der Waals surface area contributed by atoms with Crippen molar-refractivity contribution < 1.29 is 8.42 Å². The summed E-state index contributed by atoms with van der Waals surface area (Å²) >= 11 is 5.57. The molecule has 0 heterocycles. The molecule has 0 saturated heterocycles. The summed E-state index contributed by atoms with van der Waals surface area (Å²) < 4.78 is 26.8. The molecule has 5 heteroatoms. The Hall–Kier alpha value is -0.740. The van der Waals surface area contributed by atoms with Crippen LogP contribution in [0.2, 0.25) is 0 Å². The van der Waals surface area contributed by atoms with Gasteiger partial charge in [0.05, 0.1) is 11.4 Å². The SMILES string of the molecule is Cc1cccc(C(C)C)c1NS(=O)(=O)CCCCCl. The monoisotopic (exact) mass is 303 g/mol. The van der Waals surface area contributed by atoms with E-state index >= 15 is 0 Å². The van der Waals surface area contributed by atoms with Crippen LogP contribution in [0.4, 0.5) is 5.69 Å². The van der Waals surface area contributed by atoms with Gasteiger partial charge in [0.2, 0.25) is 10.0 Å². The van der Waals surface area contributed by atoms with Gasteiger partial charge in [-0.2, -0.15) is 0 Å². The molecular weight excluding hydrogens is 282 g/mol. The molecule has 0 fully saturated rings. The molecule has 19 heavy (non-hydrogen) atoms. The predicted molar refractivity (Wildman–Crippen MR) is 82.6 cm³/mol. The normalized spacial score (nSPS) is 11.8. The average molecular weight is 304 g/mol. The van der Waals surface area contributed by atoms with Gasteiger partial charge in [0.1, 0.15) is 0 Å². The zero-order chi connectivity index (χ0) is 14.5. The molecule has 0 aromatic heterocycles. The summed E-state index contributed by atoms with van der Waals surface area (Å²) in [5.74, 6) is 0.892. The maximum absolute atomic E-state index is 12.0. The molecular formula is C14H22ClNO2S. The van der Waals surface area contributed by atoms with Crippen molar-refractivity contribution in [1.82, 2.24) is 0 Å². The van der Waals surface area contributed by atoms with E-state index < -0.39 is 10.0 Å². The number of benzene rings is 1. The van der Waals surface area contributed by atoms with Crippen LogP contribution in [0.3, 0.4) is 0 Å². The Balaban J connectivity index is 2.92. The second-order valence-corrected chi connectivity index (χ2v) is 7.23. The molecule has 0 aliphatic rings. The lowest BCUT2D eigenvalue weighted by atomic mass is 9.99. The molecule has 0 bridgehead atoms. The highest BCUT2D eigenvalue weighted by Gasteiger charge is 2.15. The molecule has 108 valence electrons. The topological polar surface area (TPSA) is 46.2 Å². The third-order valence-corrected chi connectivity index (χ3v) is 4.59. The van der Waals surface area contributed by atoms with Crippen LogP contribution >= 0.6 is 11.6 Å². The summed E-state index contributed by atoms with van der Waals surface area (Å²) in [6.45, 7) is 6.03. The quantitative estimate of drug-likeness (QED) is 0.614. The minimum Gasteiger partial charge on any atom is -0.283 e. The van der Waals surface area contributed by atoms with Gasteiger partial charge in [-0.3, -0.25) is 4.72 Å². The zero-order valence-corrected chi connectivity index (χ0v) is 13.3. The third-order valence-electron chi connectivity index (χ3n) is 2.98. The lowest BCUT2D eigenvalue weighted by Crippen LogP contribution is -2.18. The number of unbranched alkanes of at least 4 members (excludes halogenated alkanes) is 1. The number of para-hydroxylation sites is 1. The van der Waals surface area contributed by atoms with E-state index in [1.807, 2.05) is 25.1 Å². The lowest BCUT2D eigenvalue weighted by Gasteiger charge is -2.17. The van der Waals surface area contributed by atoms with Crippen molar-refractivity contribution in [3.05, 3.63) is 29.3 Å². The highest BCUT2D eigenvalue weighted by Crippen LogP contribution is 2.28.